The maximum atomic E-state index is 12.7. The molecule has 20 heavy (non-hydrogen) atoms. The van der Waals surface area contributed by atoms with Gasteiger partial charge in [-0.15, -0.1) is 10.2 Å². The fourth-order valence-corrected chi connectivity index (χ4v) is 2.41. The number of carbonyl (C=O) groups is 1. The van der Waals surface area contributed by atoms with Gasteiger partial charge in [-0.3, -0.25) is 4.79 Å². The quantitative estimate of drug-likeness (QED) is 0.850. The Morgan fingerprint density at radius 2 is 2.05 bits per heavy atom. The van der Waals surface area contributed by atoms with Gasteiger partial charge in [0, 0.05) is 6.42 Å². The number of hydrogen-bond donors (Lipinski definition) is 2. The minimum absolute atomic E-state index is 0.179. The van der Waals surface area contributed by atoms with Gasteiger partial charge in [0.25, 0.3) is 0 Å². The maximum Gasteiger partial charge on any atom is 0.230 e. The first-order valence-electron chi connectivity index (χ1n) is 6.24. The standard InChI is InChI=1S/C13H15FN4OS/c14-10-5-3-9(4-6-10)8-11(19)16-13-18-17-12(20-13)2-1-7-15/h3-6H,1-2,7-8,15H2,(H,16,18,19). The lowest BCUT2D eigenvalue weighted by atomic mass is 10.1. The molecule has 0 fully saturated rings. The van der Waals surface area contributed by atoms with Crippen LogP contribution in [0, 0.1) is 5.82 Å². The molecule has 5 nitrogen and oxygen atoms in total. The van der Waals surface area contributed by atoms with Crippen molar-refractivity contribution in [2.45, 2.75) is 19.3 Å². The zero-order chi connectivity index (χ0) is 14.4. The molecule has 0 radical (unpaired) electrons. The smallest absolute Gasteiger partial charge is 0.230 e. The Hall–Kier alpha value is -1.86. The summed E-state index contributed by atoms with van der Waals surface area (Å²) in [5.74, 6) is -0.513. The molecular weight excluding hydrogens is 279 g/mol. The van der Waals surface area contributed by atoms with E-state index in [0.717, 1.165) is 23.4 Å². The molecule has 0 bridgehead atoms. The van der Waals surface area contributed by atoms with Crippen LogP contribution in [-0.2, 0) is 17.6 Å². The largest absolute Gasteiger partial charge is 0.330 e. The number of nitrogens with one attached hydrogen (secondary N) is 1. The SMILES string of the molecule is NCCCc1nnc(NC(=O)Cc2ccc(F)cc2)s1. The fraction of sp³-hybridized carbons (Fsp3) is 0.308. The molecule has 0 atom stereocenters. The molecule has 3 N–H and O–H groups in total. The molecule has 2 rings (SSSR count). The number of nitrogens with two attached hydrogens (primary N) is 1. The zero-order valence-corrected chi connectivity index (χ0v) is 11.6. The van der Waals surface area contributed by atoms with Crippen LogP contribution >= 0.6 is 11.3 Å². The summed E-state index contributed by atoms with van der Waals surface area (Å²) in [5, 5.41) is 11.9. The van der Waals surface area contributed by atoms with Gasteiger partial charge in [0.15, 0.2) is 0 Å². The summed E-state index contributed by atoms with van der Waals surface area (Å²) in [6.07, 6.45) is 1.79. The van der Waals surface area contributed by atoms with Crippen molar-refractivity contribution in [3.05, 3.63) is 40.7 Å². The van der Waals surface area contributed by atoms with Crippen molar-refractivity contribution in [3.63, 3.8) is 0 Å². The molecule has 0 saturated carbocycles. The fourth-order valence-electron chi connectivity index (χ4n) is 1.61. The summed E-state index contributed by atoms with van der Waals surface area (Å²) >= 11 is 1.34. The second-order valence-corrected chi connectivity index (χ2v) is 5.31. The van der Waals surface area contributed by atoms with Crippen LogP contribution in [-0.4, -0.2) is 22.6 Å². The van der Waals surface area contributed by atoms with E-state index < -0.39 is 0 Å². The van der Waals surface area contributed by atoms with Crippen molar-refractivity contribution >= 4 is 22.4 Å². The molecule has 0 unspecified atom stereocenters. The van der Waals surface area contributed by atoms with Crippen molar-refractivity contribution in [3.8, 4) is 0 Å². The third kappa shape index (κ3) is 4.36. The Balaban J connectivity index is 1.87. The molecule has 1 amide bonds. The predicted molar refractivity (Wildman–Crippen MR) is 76.0 cm³/mol. The molecule has 2 aromatic rings. The Kier molecular flexibility index (Phi) is 5.14. The van der Waals surface area contributed by atoms with Crippen LogP contribution in [0.3, 0.4) is 0 Å². The molecule has 0 spiro atoms. The lowest BCUT2D eigenvalue weighted by molar-refractivity contribution is -0.115. The first-order valence-corrected chi connectivity index (χ1v) is 7.06. The topological polar surface area (TPSA) is 80.9 Å². The summed E-state index contributed by atoms with van der Waals surface area (Å²) in [7, 11) is 0. The molecule has 7 heteroatoms. The first kappa shape index (κ1) is 14.5. The van der Waals surface area contributed by atoms with Crippen LogP contribution in [0.4, 0.5) is 9.52 Å². The Bertz CT molecular complexity index is 570. The van der Waals surface area contributed by atoms with Crippen LogP contribution in [0.1, 0.15) is 17.0 Å². The second-order valence-electron chi connectivity index (χ2n) is 4.24. The normalized spacial score (nSPS) is 10.5. The lowest BCUT2D eigenvalue weighted by Crippen LogP contribution is -2.14. The van der Waals surface area contributed by atoms with Gasteiger partial charge in [-0.05, 0) is 30.7 Å². The van der Waals surface area contributed by atoms with E-state index in [1.165, 1.54) is 23.5 Å². The van der Waals surface area contributed by atoms with Crippen LogP contribution in [0.15, 0.2) is 24.3 Å². The summed E-state index contributed by atoms with van der Waals surface area (Å²) < 4.78 is 12.7. The van der Waals surface area contributed by atoms with Crippen molar-refractivity contribution in [2.75, 3.05) is 11.9 Å². The summed E-state index contributed by atoms with van der Waals surface area (Å²) in [6.45, 7) is 0.603. The van der Waals surface area contributed by atoms with Crippen molar-refractivity contribution < 1.29 is 9.18 Å². The third-order valence-electron chi connectivity index (χ3n) is 2.59. The number of anilines is 1. The molecule has 0 saturated heterocycles. The van der Waals surface area contributed by atoms with Crippen molar-refractivity contribution in [2.24, 2.45) is 5.73 Å². The van der Waals surface area contributed by atoms with E-state index in [4.69, 9.17) is 5.73 Å². The number of hydrogen-bond acceptors (Lipinski definition) is 5. The van der Waals surface area contributed by atoms with Crippen LogP contribution in [0.5, 0.6) is 0 Å². The number of rotatable bonds is 6. The van der Waals surface area contributed by atoms with Crippen molar-refractivity contribution in [1.29, 1.82) is 0 Å². The minimum Gasteiger partial charge on any atom is -0.330 e. The highest BCUT2D eigenvalue weighted by molar-refractivity contribution is 7.15. The van der Waals surface area contributed by atoms with E-state index in [0.29, 0.717) is 11.7 Å². The van der Waals surface area contributed by atoms with E-state index >= 15 is 0 Å². The average molecular weight is 294 g/mol. The van der Waals surface area contributed by atoms with Gasteiger partial charge in [-0.25, -0.2) is 4.39 Å². The monoisotopic (exact) mass is 294 g/mol. The minimum atomic E-state index is -0.317. The van der Waals surface area contributed by atoms with Gasteiger partial charge in [0.1, 0.15) is 10.8 Å². The summed E-state index contributed by atoms with van der Waals surface area (Å²) in [4.78, 5) is 11.8. The van der Waals surface area contributed by atoms with Crippen LogP contribution < -0.4 is 11.1 Å². The van der Waals surface area contributed by atoms with E-state index in [2.05, 4.69) is 15.5 Å². The number of nitrogens with zero attached hydrogens (tertiary/aromatic N) is 2. The number of aromatic nitrogens is 2. The number of amides is 1. The Morgan fingerprint density at radius 3 is 2.75 bits per heavy atom. The molecule has 1 heterocycles. The molecule has 0 aliphatic rings. The highest BCUT2D eigenvalue weighted by Gasteiger charge is 2.08. The van der Waals surface area contributed by atoms with Gasteiger partial charge in [0.05, 0.1) is 6.42 Å². The van der Waals surface area contributed by atoms with Gasteiger partial charge >= 0.3 is 0 Å². The van der Waals surface area contributed by atoms with Gasteiger partial charge in [-0.1, -0.05) is 23.5 Å². The predicted octanol–water partition coefficient (Wildman–Crippen LogP) is 1.75. The second kappa shape index (κ2) is 7.06. The first-order chi connectivity index (χ1) is 9.67. The van der Waals surface area contributed by atoms with Crippen LogP contribution in [0.25, 0.3) is 0 Å². The summed E-state index contributed by atoms with van der Waals surface area (Å²) in [5.41, 5.74) is 6.17. The molecule has 0 aliphatic heterocycles. The molecular formula is C13H15FN4OS. The van der Waals surface area contributed by atoms with Gasteiger partial charge < -0.3 is 11.1 Å². The Morgan fingerprint density at radius 1 is 1.30 bits per heavy atom. The van der Waals surface area contributed by atoms with E-state index in [-0.39, 0.29) is 18.1 Å². The highest BCUT2D eigenvalue weighted by Crippen LogP contribution is 2.16. The molecule has 0 aliphatic carbocycles. The van der Waals surface area contributed by atoms with Crippen LogP contribution in [0.2, 0.25) is 0 Å². The van der Waals surface area contributed by atoms with Gasteiger partial charge in [0.2, 0.25) is 11.0 Å². The maximum absolute atomic E-state index is 12.7. The molecule has 1 aromatic carbocycles. The number of halogens is 1. The van der Waals surface area contributed by atoms with Crippen molar-refractivity contribution in [1.82, 2.24) is 10.2 Å². The van der Waals surface area contributed by atoms with E-state index in [1.54, 1.807) is 12.1 Å². The zero-order valence-electron chi connectivity index (χ0n) is 10.8. The Labute approximate surface area is 120 Å². The third-order valence-corrected chi connectivity index (χ3v) is 3.48. The van der Waals surface area contributed by atoms with Gasteiger partial charge in [-0.2, -0.15) is 0 Å². The summed E-state index contributed by atoms with van der Waals surface area (Å²) in [6, 6.07) is 5.83. The average Bonchev–Trinajstić information content (AvgIpc) is 2.86. The number of carbonyl (C=O) groups excluding carboxylic acids is 1. The lowest BCUT2D eigenvalue weighted by Gasteiger charge is -2.01. The van der Waals surface area contributed by atoms with E-state index in [9.17, 15) is 9.18 Å². The highest BCUT2D eigenvalue weighted by atomic mass is 32.1. The molecule has 1 aromatic heterocycles. The van der Waals surface area contributed by atoms with E-state index in [1.807, 2.05) is 0 Å². The number of benzene rings is 1. The number of aryl methyl sites for hydroxylation is 1. The molecule has 106 valence electrons.